The van der Waals surface area contributed by atoms with Gasteiger partial charge in [-0.2, -0.15) is 0 Å². The van der Waals surface area contributed by atoms with Crippen molar-refractivity contribution in [3.63, 3.8) is 0 Å². The van der Waals surface area contributed by atoms with Gasteiger partial charge in [-0.1, -0.05) is 52.8 Å². The molecule has 0 unspecified atom stereocenters. The molecule has 0 amide bonds. The van der Waals surface area contributed by atoms with Gasteiger partial charge in [0, 0.05) is 0 Å². The van der Waals surface area contributed by atoms with Gasteiger partial charge in [0.05, 0.1) is 17.7 Å². The summed E-state index contributed by atoms with van der Waals surface area (Å²) >= 11 is 0. The zero-order chi connectivity index (χ0) is 19.5. The van der Waals surface area contributed by atoms with Crippen LogP contribution in [0.5, 0.6) is 5.75 Å². The molecule has 0 aliphatic heterocycles. The number of sulfonamides is 1. The molecular formula is C21H29NO3S. The first-order valence-corrected chi connectivity index (χ1v) is 10.3. The molecule has 0 atom stereocenters. The Labute approximate surface area is 157 Å². The third-order valence-corrected chi connectivity index (χ3v) is 5.57. The molecule has 0 aliphatic rings. The molecule has 4 nitrogen and oxygen atoms in total. The SMILES string of the molecule is COc1ccc(C(C)(C)C)cc1NS(=O)(=O)c1ccc(CC(C)C)cc1. The number of benzene rings is 2. The highest BCUT2D eigenvalue weighted by molar-refractivity contribution is 7.92. The fourth-order valence-electron chi connectivity index (χ4n) is 2.73. The molecule has 0 bridgehead atoms. The lowest BCUT2D eigenvalue weighted by molar-refractivity contribution is 0.416. The van der Waals surface area contributed by atoms with Gasteiger partial charge in [-0.25, -0.2) is 8.42 Å². The summed E-state index contributed by atoms with van der Waals surface area (Å²) in [4.78, 5) is 0.244. The molecule has 0 saturated heterocycles. The molecule has 2 rings (SSSR count). The van der Waals surface area contributed by atoms with E-state index in [9.17, 15) is 8.42 Å². The summed E-state index contributed by atoms with van der Waals surface area (Å²) in [5, 5.41) is 0. The molecule has 2 aromatic carbocycles. The van der Waals surface area contributed by atoms with Gasteiger partial charge in [0.15, 0.2) is 0 Å². The second-order valence-corrected chi connectivity index (χ2v) is 9.69. The number of rotatable bonds is 6. The second-order valence-electron chi connectivity index (χ2n) is 8.01. The van der Waals surface area contributed by atoms with Crippen molar-refractivity contribution in [3.05, 3.63) is 53.6 Å². The molecule has 0 aliphatic carbocycles. The van der Waals surface area contributed by atoms with Crippen LogP contribution in [0.15, 0.2) is 47.4 Å². The number of hydrogen-bond acceptors (Lipinski definition) is 3. The second kappa shape index (κ2) is 7.70. The molecule has 0 radical (unpaired) electrons. The van der Waals surface area contributed by atoms with Gasteiger partial charge in [-0.05, 0) is 53.1 Å². The van der Waals surface area contributed by atoms with Crippen LogP contribution >= 0.6 is 0 Å². The Kier molecular flexibility index (Phi) is 6.02. The monoisotopic (exact) mass is 375 g/mol. The van der Waals surface area contributed by atoms with Gasteiger partial charge in [-0.15, -0.1) is 0 Å². The molecule has 142 valence electrons. The fraction of sp³-hybridized carbons (Fsp3) is 0.429. The van der Waals surface area contributed by atoms with E-state index in [2.05, 4.69) is 39.3 Å². The lowest BCUT2D eigenvalue weighted by atomic mass is 9.87. The summed E-state index contributed by atoms with van der Waals surface area (Å²) in [6.07, 6.45) is 0.926. The predicted molar refractivity (Wildman–Crippen MR) is 107 cm³/mol. The number of nitrogens with one attached hydrogen (secondary N) is 1. The maximum atomic E-state index is 12.8. The van der Waals surface area contributed by atoms with Crippen LogP contribution in [-0.4, -0.2) is 15.5 Å². The highest BCUT2D eigenvalue weighted by Gasteiger charge is 2.20. The minimum absolute atomic E-state index is 0.0923. The maximum absolute atomic E-state index is 12.8. The van der Waals surface area contributed by atoms with Crippen LogP contribution in [0.4, 0.5) is 5.69 Å². The van der Waals surface area contributed by atoms with Crippen LogP contribution in [0, 0.1) is 5.92 Å². The van der Waals surface area contributed by atoms with Crippen molar-refractivity contribution in [1.82, 2.24) is 0 Å². The maximum Gasteiger partial charge on any atom is 0.262 e. The van der Waals surface area contributed by atoms with E-state index in [0.717, 1.165) is 17.5 Å². The van der Waals surface area contributed by atoms with Crippen molar-refractivity contribution in [1.29, 1.82) is 0 Å². The lowest BCUT2D eigenvalue weighted by Gasteiger charge is -2.21. The summed E-state index contributed by atoms with van der Waals surface area (Å²) in [5.74, 6) is 1.03. The van der Waals surface area contributed by atoms with E-state index in [1.165, 1.54) is 7.11 Å². The van der Waals surface area contributed by atoms with E-state index in [1.54, 1.807) is 18.2 Å². The summed E-state index contributed by atoms with van der Waals surface area (Å²) in [7, 11) is -2.15. The van der Waals surface area contributed by atoms with Crippen LogP contribution in [0.3, 0.4) is 0 Å². The van der Waals surface area contributed by atoms with Gasteiger partial charge in [0.2, 0.25) is 0 Å². The van der Waals surface area contributed by atoms with E-state index in [1.807, 2.05) is 24.3 Å². The zero-order valence-electron chi connectivity index (χ0n) is 16.5. The third-order valence-electron chi connectivity index (χ3n) is 4.19. The quantitative estimate of drug-likeness (QED) is 0.774. The molecule has 0 fully saturated rings. The minimum atomic E-state index is -3.68. The Morgan fingerprint density at radius 1 is 1.04 bits per heavy atom. The Morgan fingerprint density at radius 2 is 1.65 bits per heavy atom. The van der Waals surface area contributed by atoms with E-state index in [-0.39, 0.29) is 10.3 Å². The fourth-order valence-corrected chi connectivity index (χ4v) is 3.80. The van der Waals surface area contributed by atoms with Gasteiger partial charge < -0.3 is 4.74 Å². The van der Waals surface area contributed by atoms with Crippen LogP contribution in [0.2, 0.25) is 0 Å². The molecular weight excluding hydrogens is 346 g/mol. The topological polar surface area (TPSA) is 55.4 Å². The van der Waals surface area contributed by atoms with E-state index < -0.39 is 10.0 Å². The van der Waals surface area contributed by atoms with Crippen LogP contribution < -0.4 is 9.46 Å². The van der Waals surface area contributed by atoms with Crippen molar-refractivity contribution in [2.45, 2.75) is 51.3 Å². The highest BCUT2D eigenvalue weighted by atomic mass is 32.2. The van der Waals surface area contributed by atoms with Gasteiger partial charge >= 0.3 is 0 Å². The molecule has 2 aromatic rings. The van der Waals surface area contributed by atoms with Crippen LogP contribution in [0.25, 0.3) is 0 Å². The van der Waals surface area contributed by atoms with Crippen molar-refractivity contribution < 1.29 is 13.2 Å². The number of ether oxygens (including phenoxy) is 1. The number of methoxy groups -OCH3 is 1. The number of hydrogen-bond donors (Lipinski definition) is 1. The summed E-state index contributed by atoms with van der Waals surface area (Å²) < 4.78 is 33.6. The average molecular weight is 376 g/mol. The summed E-state index contributed by atoms with van der Waals surface area (Å²) in [6.45, 7) is 10.5. The molecule has 0 aromatic heterocycles. The first-order valence-electron chi connectivity index (χ1n) is 8.83. The van der Waals surface area contributed by atoms with Crippen LogP contribution in [0.1, 0.15) is 45.7 Å². The Balaban J connectivity index is 2.34. The van der Waals surface area contributed by atoms with E-state index in [0.29, 0.717) is 17.4 Å². The highest BCUT2D eigenvalue weighted by Crippen LogP contribution is 2.32. The van der Waals surface area contributed by atoms with Gasteiger partial charge in [0.25, 0.3) is 10.0 Å². The van der Waals surface area contributed by atoms with Crippen molar-refractivity contribution in [2.75, 3.05) is 11.8 Å². The Hall–Kier alpha value is -2.01. The molecule has 1 N–H and O–H groups in total. The molecule has 5 heteroatoms. The van der Waals surface area contributed by atoms with Crippen LogP contribution in [-0.2, 0) is 21.9 Å². The Bertz CT molecular complexity index is 848. The standard InChI is InChI=1S/C21H29NO3S/c1-15(2)13-16-7-10-18(11-8-16)26(23,24)22-19-14-17(21(3,4)5)9-12-20(19)25-6/h7-12,14-15,22H,13H2,1-6H3. The first kappa shape index (κ1) is 20.3. The Morgan fingerprint density at radius 3 is 2.15 bits per heavy atom. The predicted octanol–water partition coefficient (Wildman–Crippen LogP) is 4.99. The normalized spacial score (nSPS) is 12.3. The smallest absolute Gasteiger partial charge is 0.262 e. The van der Waals surface area contributed by atoms with Gasteiger partial charge in [-0.3, -0.25) is 4.72 Å². The molecule has 0 spiro atoms. The van der Waals surface area contributed by atoms with E-state index in [4.69, 9.17) is 4.74 Å². The molecule has 0 saturated carbocycles. The summed E-state index contributed by atoms with van der Waals surface area (Å²) in [5.41, 5.74) is 2.52. The summed E-state index contributed by atoms with van der Waals surface area (Å²) in [6, 6.07) is 12.6. The lowest BCUT2D eigenvalue weighted by Crippen LogP contribution is -2.16. The van der Waals surface area contributed by atoms with Crippen molar-refractivity contribution >= 4 is 15.7 Å². The number of anilines is 1. The first-order chi connectivity index (χ1) is 12.0. The van der Waals surface area contributed by atoms with Crippen molar-refractivity contribution in [3.8, 4) is 5.75 Å². The third kappa shape index (κ3) is 5.01. The minimum Gasteiger partial charge on any atom is -0.495 e. The largest absolute Gasteiger partial charge is 0.495 e. The van der Waals surface area contributed by atoms with Crippen molar-refractivity contribution in [2.24, 2.45) is 5.92 Å². The molecule has 26 heavy (non-hydrogen) atoms. The van der Waals surface area contributed by atoms with Gasteiger partial charge in [0.1, 0.15) is 5.75 Å². The average Bonchev–Trinajstić information content (AvgIpc) is 2.53. The van der Waals surface area contributed by atoms with E-state index >= 15 is 0 Å². The molecule has 0 heterocycles. The zero-order valence-corrected chi connectivity index (χ0v) is 17.3.